The Morgan fingerprint density at radius 2 is 1.97 bits per heavy atom. The second-order valence-electron chi connectivity index (χ2n) is 6.98. The smallest absolute Gasteiger partial charge is 0.280 e. The van der Waals surface area contributed by atoms with Gasteiger partial charge in [-0.3, -0.25) is 14.3 Å². The van der Waals surface area contributed by atoms with Gasteiger partial charge in [0.15, 0.2) is 0 Å². The van der Waals surface area contributed by atoms with Gasteiger partial charge < -0.3 is 11.1 Å². The molecule has 4 aromatic rings. The lowest BCUT2D eigenvalue weighted by molar-refractivity contribution is 0.100. The summed E-state index contributed by atoms with van der Waals surface area (Å²) in [6, 6.07) is 4.91. The first kappa shape index (κ1) is 22.3. The Bertz CT molecular complexity index is 1390. The number of thiophene rings is 2. The van der Waals surface area contributed by atoms with E-state index in [2.05, 4.69) is 15.4 Å². The molecule has 0 bridgehead atoms. The Balaban J connectivity index is 1.97. The molecule has 0 aliphatic rings. The van der Waals surface area contributed by atoms with E-state index in [1.165, 1.54) is 22.1 Å². The lowest BCUT2D eigenvalue weighted by Gasteiger charge is -2.10. The van der Waals surface area contributed by atoms with E-state index in [1.54, 1.807) is 20.0 Å². The number of carbonyl (C=O) groups is 2. The highest BCUT2D eigenvalue weighted by molar-refractivity contribution is 7.21. The summed E-state index contributed by atoms with van der Waals surface area (Å²) >= 11 is 8.47. The number of amides is 2. The first-order chi connectivity index (χ1) is 15.1. The van der Waals surface area contributed by atoms with Crippen LogP contribution in [0.3, 0.4) is 0 Å². The number of primary amides is 1. The van der Waals surface area contributed by atoms with Crippen molar-refractivity contribution in [3.8, 4) is 10.4 Å². The number of anilines is 1. The normalized spacial score (nSPS) is 11.5. The predicted octanol–water partition coefficient (Wildman–Crippen LogP) is 5.32. The van der Waals surface area contributed by atoms with Crippen LogP contribution in [0, 0.1) is 13.8 Å². The molecule has 0 aliphatic heterocycles. The fraction of sp³-hybridized carbons (Fsp3) is 0.200. The highest BCUT2D eigenvalue weighted by Crippen LogP contribution is 2.44. The number of pyridine rings is 1. The monoisotopic (exact) mass is 495 g/mol. The molecule has 0 spiro atoms. The van der Waals surface area contributed by atoms with Crippen LogP contribution in [-0.2, 0) is 7.05 Å². The minimum atomic E-state index is -2.81. The van der Waals surface area contributed by atoms with Crippen molar-refractivity contribution in [2.45, 2.75) is 20.3 Å². The second-order valence-corrected chi connectivity index (χ2v) is 9.65. The SMILES string of the molecule is Cc1ccc(-c2cc(C(F)F)nc3sc(C(N)=O)c(NC(=O)c4c(Cl)c(C)nn4C)c23)s1. The maximum absolute atomic E-state index is 13.5. The molecule has 0 aromatic carbocycles. The van der Waals surface area contributed by atoms with Gasteiger partial charge in [0.05, 0.1) is 16.4 Å². The Morgan fingerprint density at radius 1 is 1.25 bits per heavy atom. The van der Waals surface area contributed by atoms with E-state index >= 15 is 0 Å². The van der Waals surface area contributed by atoms with Crippen LogP contribution in [0.4, 0.5) is 14.5 Å². The van der Waals surface area contributed by atoms with Crippen molar-refractivity contribution in [3.05, 3.63) is 50.1 Å². The van der Waals surface area contributed by atoms with Crippen molar-refractivity contribution in [2.24, 2.45) is 12.8 Å². The Morgan fingerprint density at radius 3 is 2.50 bits per heavy atom. The van der Waals surface area contributed by atoms with Gasteiger partial charge >= 0.3 is 0 Å². The van der Waals surface area contributed by atoms with Gasteiger partial charge in [-0.15, -0.1) is 22.7 Å². The lowest BCUT2D eigenvalue weighted by Crippen LogP contribution is -2.19. The Hall–Kier alpha value is -2.89. The number of hydrogen-bond donors (Lipinski definition) is 2. The summed E-state index contributed by atoms with van der Waals surface area (Å²) in [5, 5.41) is 7.34. The van der Waals surface area contributed by atoms with Crippen LogP contribution in [-0.4, -0.2) is 26.6 Å². The summed E-state index contributed by atoms with van der Waals surface area (Å²) in [6.45, 7) is 3.54. The summed E-state index contributed by atoms with van der Waals surface area (Å²) < 4.78 is 28.4. The molecule has 0 unspecified atom stereocenters. The van der Waals surface area contributed by atoms with Crippen molar-refractivity contribution in [2.75, 3.05) is 5.32 Å². The van der Waals surface area contributed by atoms with Crippen LogP contribution >= 0.6 is 34.3 Å². The number of halogens is 3. The Labute approximate surface area is 193 Å². The van der Waals surface area contributed by atoms with E-state index in [0.717, 1.165) is 16.2 Å². The van der Waals surface area contributed by atoms with Crippen LogP contribution < -0.4 is 11.1 Å². The molecule has 0 saturated heterocycles. The number of alkyl halides is 2. The van der Waals surface area contributed by atoms with Crippen molar-refractivity contribution >= 4 is 62.0 Å². The van der Waals surface area contributed by atoms with Gasteiger partial charge in [-0.2, -0.15) is 5.10 Å². The maximum atomic E-state index is 13.5. The topological polar surface area (TPSA) is 103 Å². The molecule has 4 rings (SSSR count). The molecule has 4 aromatic heterocycles. The third kappa shape index (κ3) is 3.76. The molecular formula is C20H16ClF2N5O2S2. The van der Waals surface area contributed by atoms with Gasteiger partial charge in [-0.05, 0) is 32.0 Å². The molecule has 3 N–H and O–H groups in total. The van der Waals surface area contributed by atoms with E-state index in [0.29, 0.717) is 21.5 Å². The first-order valence-corrected chi connectivity index (χ1v) is 11.2. The van der Waals surface area contributed by atoms with Crippen LogP contribution in [0.5, 0.6) is 0 Å². The molecule has 0 radical (unpaired) electrons. The molecule has 0 atom stereocenters. The molecule has 0 fully saturated rings. The van der Waals surface area contributed by atoms with Crippen LogP contribution in [0.25, 0.3) is 20.7 Å². The minimum absolute atomic E-state index is 0.00296. The summed E-state index contributed by atoms with van der Waals surface area (Å²) in [4.78, 5) is 31.1. The largest absolute Gasteiger partial charge is 0.365 e. The van der Waals surface area contributed by atoms with Gasteiger partial charge in [-0.1, -0.05) is 11.6 Å². The second kappa shape index (κ2) is 8.23. The zero-order valence-corrected chi connectivity index (χ0v) is 19.4. The Kier molecular flexibility index (Phi) is 5.74. The van der Waals surface area contributed by atoms with Crippen molar-refractivity contribution in [1.29, 1.82) is 0 Å². The average molecular weight is 496 g/mol. The molecule has 12 heteroatoms. The predicted molar refractivity (Wildman–Crippen MR) is 122 cm³/mol. The molecule has 7 nitrogen and oxygen atoms in total. The minimum Gasteiger partial charge on any atom is -0.365 e. The first-order valence-electron chi connectivity index (χ1n) is 9.21. The number of hydrogen-bond acceptors (Lipinski definition) is 6. The fourth-order valence-corrected chi connectivity index (χ4v) is 5.50. The van der Waals surface area contributed by atoms with E-state index in [1.807, 2.05) is 13.0 Å². The van der Waals surface area contributed by atoms with Crippen molar-refractivity contribution < 1.29 is 18.4 Å². The number of aryl methyl sites for hydroxylation is 3. The van der Waals surface area contributed by atoms with E-state index in [4.69, 9.17) is 17.3 Å². The summed E-state index contributed by atoms with van der Waals surface area (Å²) in [7, 11) is 1.56. The molecule has 32 heavy (non-hydrogen) atoms. The molecule has 2 amide bonds. The molecular weight excluding hydrogens is 480 g/mol. The number of nitrogens with zero attached hydrogens (tertiary/aromatic N) is 3. The van der Waals surface area contributed by atoms with E-state index < -0.39 is 23.9 Å². The van der Waals surface area contributed by atoms with Gasteiger partial charge in [0.1, 0.15) is 21.1 Å². The summed E-state index contributed by atoms with van der Waals surface area (Å²) in [5.41, 5.74) is 6.20. The number of carbonyl (C=O) groups excluding carboxylic acids is 2. The third-order valence-electron chi connectivity index (χ3n) is 4.74. The molecule has 4 heterocycles. The van der Waals surface area contributed by atoms with Crippen molar-refractivity contribution in [1.82, 2.24) is 14.8 Å². The fourth-order valence-electron chi connectivity index (χ4n) is 3.35. The average Bonchev–Trinajstić information content (AvgIpc) is 3.37. The van der Waals surface area contributed by atoms with Crippen molar-refractivity contribution in [3.63, 3.8) is 0 Å². The van der Waals surface area contributed by atoms with Crippen LogP contribution in [0.2, 0.25) is 5.02 Å². The summed E-state index contributed by atoms with van der Waals surface area (Å²) in [5.74, 6) is -1.44. The van der Waals surface area contributed by atoms with Gasteiger partial charge in [0, 0.05) is 27.8 Å². The standard InChI is InChI=1S/C20H16ClF2N5O2S2/c1-7-4-5-11(31-7)9-6-10(17(22)23)25-20-12(9)14(16(32-20)18(24)29)26-19(30)15-13(21)8(2)27-28(15)3/h4-6,17H,1-3H3,(H2,24,29)(H,26,30). The maximum Gasteiger partial charge on any atom is 0.280 e. The molecule has 166 valence electrons. The quantitative estimate of drug-likeness (QED) is 0.391. The summed E-state index contributed by atoms with van der Waals surface area (Å²) in [6.07, 6.45) is -2.81. The number of nitrogens with one attached hydrogen (secondary N) is 1. The highest BCUT2D eigenvalue weighted by Gasteiger charge is 2.27. The number of aromatic nitrogens is 3. The van der Waals surface area contributed by atoms with Crippen LogP contribution in [0.15, 0.2) is 18.2 Å². The zero-order chi connectivity index (χ0) is 23.3. The number of fused-ring (bicyclic) bond motifs is 1. The highest BCUT2D eigenvalue weighted by atomic mass is 35.5. The van der Waals surface area contributed by atoms with Crippen LogP contribution in [0.1, 0.15) is 42.9 Å². The molecule has 0 aliphatic carbocycles. The van der Waals surface area contributed by atoms with Gasteiger partial charge in [0.2, 0.25) is 0 Å². The zero-order valence-electron chi connectivity index (χ0n) is 17.0. The van der Waals surface area contributed by atoms with Gasteiger partial charge in [-0.25, -0.2) is 13.8 Å². The van der Waals surface area contributed by atoms with E-state index in [9.17, 15) is 18.4 Å². The van der Waals surface area contributed by atoms with E-state index in [-0.39, 0.29) is 26.1 Å². The number of rotatable bonds is 5. The molecule has 0 saturated carbocycles. The van der Waals surface area contributed by atoms with Gasteiger partial charge in [0.25, 0.3) is 18.2 Å². The number of nitrogens with two attached hydrogens (primary N) is 1. The lowest BCUT2D eigenvalue weighted by atomic mass is 10.1. The third-order valence-corrected chi connectivity index (χ3v) is 7.32.